The van der Waals surface area contributed by atoms with E-state index in [-0.39, 0.29) is 5.91 Å². The number of nitrogens with one attached hydrogen (secondary N) is 2. The third kappa shape index (κ3) is 6.20. The molecular weight excluding hydrogens is 348 g/mol. The highest BCUT2D eigenvalue weighted by Crippen LogP contribution is 2.08. The molecule has 0 aliphatic carbocycles. The first-order chi connectivity index (χ1) is 13.7. The van der Waals surface area contributed by atoms with E-state index >= 15 is 0 Å². The normalized spacial score (nSPS) is 10.5. The maximum absolute atomic E-state index is 12.4. The van der Waals surface area contributed by atoms with E-state index in [1.807, 2.05) is 24.3 Å². The zero-order valence-electron chi connectivity index (χ0n) is 16.2. The van der Waals surface area contributed by atoms with Gasteiger partial charge in [0.15, 0.2) is 0 Å². The van der Waals surface area contributed by atoms with Crippen LogP contribution < -0.4 is 10.6 Å². The third-order valence-electron chi connectivity index (χ3n) is 4.40. The van der Waals surface area contributed by atoms with Crippen molar-refractivity contribution in [1.29, 1.82) is 0 Å². The zero-order chi connectivity index (χ0) is 19.6. The van der Waals surface area contributed by atoms with E-state index in [2.05, 4.69) is 57.0 Å². The smallest absolute Gasteiger partial charge is 0.270 e. The van der Waals surface area contributed by atoms with Gasteiger partial charge in [-0.25, -0.2) is 9.97 Å². The van der Waals surface area contributed by atoms with Crippen LogP contribution in [0.4, 0.5) is 5.82 Å². The van der Waals surface area contributed by atoms with Crippen LogP contribution in [-0.2, 0) is 12.8 Å². The Kier molecular flexibility index (Phi) is 7.13. The molecule has 1 amide bonds. The Morgan fingerprint density at radius 3 is 2.18 bits per heavy atom. The van der Waals surface area contributed by atoms with Gasteiger partial charge in [0, 0.05) is 19.2 Å². The fraction of sp³-hybridized carbons (Fsp3) is 0.261. The highest BCUT2D eigenvalue weighted by atomic mass is 16.1. The summed E-state index contributed by atoms with van der Waals surface area (Å²) in [5.41, 5.74) is 2.91. The number of nitrogens with zero attached hydrogens (tertiary/aromatic N) is 2. The maximum Gasteiger partial charge on any atom is 0.270 e. The van der Waals surface area contributed by atoms with E-state index in [0.717, 1.165) is 25.8 Å². The van der Waals surface area contributed by atoms with E-state index in [1.54, 1.807) is 13.0 Å². The highest BCUT2D eigenvalue weighted by molar-refractivity contribution is 5.92. The molecule has 0 bridgehead atoms. The minimum atomic E-state index is -0.172. The van der Waals surface area contributed by atoms with Crippen LogP contribution in [0.1, 0.15) is 33.9 Å². The first kappa shape index (κ1) is 19.5. The van der Waals surface area contributed by atoms with Crippen LogP contribution in [0.25, 0.3) is 0 Å². The third-order valence-corrected chi connectivity index (χ3v) is 4.40. The first-order valence-electron chi connectivity index (χ1n) is 9.66. The van der Waals surface area contributed by atoms with Crippen LogP contribution in [0.3, 0.4) is 0 Å². The molecule has 3 rings (SSSR count). The van der Waals surface area contributed by atoms with Crippen molar-refractivity contribution in [1.82, 2.24) is 15.3 Å². The molecule has 5 nitrogen and oxygen atoms in total. The van der Waals surface area contributed by atoms with Gasteiger partial charge in [0.1, 0.15) is 17.3 Å². The number of carbonyl (C=O) groups is 1. The standard InChI is InChI=1S/C23H26N4O/c1-18-26-21(23(28)25-16-14-20-11-6-3-7-12-20)17-22(27-18)24-15-8-13-19-9-4-2-5-10-19/h2-7,9-12,17H,8,13-16H2,1H3,(H,25,28)(H,24,26,27). The summed E-state index contributed by atoms with van der Waals surface area (Å²) in [7, 11) is 0. The van der Waals surface area contributed by atoms with Crippen molar-refractivity contribution in [3.8, 4) is 0 Å². The number of anilines is 1. The summed E-state index contributed by atoms with van der Waals surface area (Å²) in [6, 6.07) is 22.2. The predicted octanol–water partition coefficient (Wildman–Crippen LogP) is 3.80. The lowest BCUT2D eigenvalue weighted by Crippen LogP contribution is -2.27. The van der Waals surface area contributed by atoms with E-state index < -0.39 is 0 Å². The largest absolute Gasteiger partial charge is 0.370 e. The number of hydrogen-bond donors (Lipinski definition) is 2. The summed E-state index contributed by atoms with van der Waals surface area (Å²) in [5, 5.41) is 6.24. The van der Waals surface area contributed by atoms with E-state index in [9.17, 15) is 4.79 Å². The lowest BCUT2D eigenvalue weighted by Gasteiger charge is -2.09. The summed E-state index contributed by atoms with van der Waals surface area (Å²) < 4.78 is 0. The van der Waals surface area contributed by atoms with E-state index in [1.165, 1.54) is 11.1 Å². The van der Waals surface area contributed by atoms with Gasteiger partial charge >= 0.3 is 0 Å². The summed E-state index contributed by atoms with van der Waals surface area (Å²) in [6.45, 7) is 3.17. The van der Waals surface area contributed by atoms with Gasteiger partial charge in [0.2, 0.25) is 0 Å². The van der Waals surface area contributed by atoms with Gasteiger partial charge in [0.05, 0.1) is 0 Å². The van der Waals surface area contributed by atoms with Crippen molar-refractivity contribution < 1.29 is 4.79 Å². The van der Waals surface area contributed by atoms with Gasteiger partial charge in [0.25, 0.3) is 5.91 Å². The molecule has 0 aliphatic heterocycles. The molecule has 0 radical (unpaired) electrons. The molecule has 0 saturated heterocycles. The molecule has 1 heterocycles. The SMILES string of the molecule is Cc1nc(NCCCc2ccccc2)cc(C(=O)NCCc2ccccc2)n1. The molecule has 28 heavy (non-hydrogen) atoms. The van der Waals surface area contributed by atoms with Crippen LogP contribution in [0, 0.1) is 6.92 Å². The number of rotatable bonds is 9. The Bertz CT molecular complexity index is 882. The Hall–Kier alpha value is -3.21. The number of aryl methyl sites for hydroxylation is 2. The van der Waals surface area contributed by atoms with Crippen molar-refractivity contribution in [2.45, 2.75) is 26.2 Å². The molecule has 0 spiro atoms. The quantitative estimate of drug-likeness (QED) is 0.559. The molecule has 3 aromatic rings. The van der Waals surface area contributed by atoms with Crippen LogP contribution in [-0.4, -0.2) is 29.0 Å². The lowest BCUT2D eigenvalue weighted by molar-refractivity contribution is 0.0949. The zero-order valence-corrected chi connectivity index (χ0v) is 16.2. The average molecular weight is 374 g/mol. The number of hydrogen-bond acceptors (Lipinski definition) is 4. The Balaban J connectivity index is 1.48. The highest BCUT2D eigenvalue weighted by Gasteiger charge is 2.10. The molecule has 2 aromatic carbocycles. The maximum atomic E-state index is 12.4. The molecule has 0 atom stereocenters. The number of aromatic nitrogens is 2. The monoisotopic (exact) mass is 374 g/mol. The molecule has 5 heteroatoms. The molecule has 2 N–H and O–H groups in total. The molecule has 0 unspecified atom stereocenters. The van der Waals surface area contributed by atoms with Crippen molar-refractivity contribution in [3.63, 3.8) is 0 Å². The molecule has 0 fully saturated rings. The number of benzene rings is 2. The van der Waals surface area contributed by atoms with Gasteiger partial charge in [-0.3, -0.25) is 4.79 Å². The summed E-state index contributed by atoms with van der Waals surface area (Å²) in [5.74, 6) is 1.10. The summed E-state index contributed by atoms with van der Waals surface area (Å²) in [6.07, 6.45) is 2.79. The van der Waals surface area contributed by atoms with Crippen LogP contribution in [0.15, 0.2) is 66.7 Å². The van der Waals surface area contributed by atoms with Gasteiger partial charge < -0.3 is 10.6 Å². The molecule has 0 saturated carbocycles. The Morgan fingerprint density at radius 2 is 1.50 bits per heavy atom. The minimum absolute atomic E-state index is 0.172. The molecule has 144 valence electrons. The summed E-state index contributed by atoms with van der Waals surface area (Å²) in [4.78, 5) is 21.1. The van der Waals surface area contributed by atoms with E-state index in [0.29, 0.717) is 23.9 Å². The number of carbonyl (C=O) groups excluding carboxylic acids is 1. The van der Waals surface area contributed by atoms with Crippen LogP contribution in [0.2, 0.25) is 0 Å². The second kappa shape index (κ2) is 10.2. The first-order valence-corrected chi connectivity index (χ1v) is 9.66. The second-order valence-electron chi connectivity index (χ2n) is 6.69. The predicted molar refractivity (Wildman–Crippen MR) is 113 cm³/mol. The van der Waals surface area contributed by atoms with Gasteiger partial charge in [-0.05, 0) is 37.3 Å². The molecule has 0 aliphatic rings. The average Bonchev–Trinajstić information content (AvgIpc) is 2.72. The fourth-order valence-electron chi connectivity index (χ4n) is 2.98. The Labute approximate surface area is 166 Å². The lowest BCUT2D eigenvalue weighted by atomic mass is 10.1. The topological polar surface area (TPSA) is 66.9 Å². The minimum Gasteiger partial charge on any atom is -0.370 e. The van der Waals surface area contributed by atoms with Gasteiger partial charge in [-0.2, -0.15) is 0 Å². The summed E-state index contributed by atoms with van der Waals surface area (Å²) >= 11 is 0. The fourth-order valence-corrected chi connectivity index (χ4v) is 2.98. The number of amides is 1. The Morgan fingerprint density at radius 1 is 0.857 bits per heavy atom. The van der Waals surface area contributed by atoms with Crippen LogP contribution in [0.5, 0.6) is 0 Å². The van der Waals surface area contributed by atoms with Crippen molar-refractivity contribution in [2.24, 2.45) is 0 Å². The molecule has 1 aromatic heterocycles. The van der Waals surface area contributed by atoms with Crippen molar-refractivity contribution in [3.05, 3.63) is 89.4 Å². The second-order valence-corrected chi connectivity index (χ2v) is 6.69. The van der Waals surface area contributed by atoms with Crippen molar-refractivity contribution >= 4 is 11.7 Å². The van der Waals surface area contributed by atoms with E-state index in [4.69, 9.17) is 0 Å². The van der Waals surface area contributed by atoms with Crippen molar-refractivity contribution in [2.75, 3.05) is 18.4 Å². The molecular formula is C23H26N4O. The van der Waals surface area contributed by atoms with Gasteiger partial charge in [-0.1, -0.05) is 60.7 Å². The van der Waals surface area contributed by atoms with Crippen LogP contribution >= 0.6 is 0 Å². The van der Waals surface area contributed by atoms with Gasteiger partial charge in [-0.15, -0.1) is 0 Å².